The van der Waals surface area contributed by atoms with Gasteiger partial charge >= 0.3 is 5.69 Å². The summed E-state index contributed by atoms with van der Waals surface area (Å²) in [7, 11) is -6.75. The van der Waals surface area contributed by atoms with Crippen LogP contribution in [-0.2, 0) is 28.2 Å². The summed E-state index contributed by atoms with van der Waals surface area (Å²) < 4.78 is 49.6. The van der Waals surface area contributed by atoms with E-state index < -0.39 is 65.3 Å². The first-order chi connectivity index (χ1) is 14.0. The Labute approximate surface area is 180 Å². The topological polar surface area (TPSA) is 146 Å². The molecule has 0 amide bonds. The van der Waals surface area contributed by atoms with Crippen LogP contribution in [0, 0.1) is 6.92 Å². The Morgan fingerprint density at radius 1 is 1.32 bits per heavy atom. The summed E-state index contributed by atoms with van der Waals surface area (Å²) in [6, 6.07) is 0. The molecule has 0 radical (unpaired) electrons. The lowest BCUT2D eigenvalue weighted by atomic mass is 9.86. The number of hydrogen-bond acceptors (Lipinski definition) is 9. The highest BCUT2D eigenvalue weighted by Crippen LogP contribution is 2.57. The summed E-state index contributed by atoms with van der Waals surface area (Å²) in [5, 5.41) is 10.9. The van der Waals surface area contributed by atoms with Crippen LogP contribution in [0.1, 0.15) is 32.6 Å². The molecule has 31 heavy (non-hydrogen) atoms. The molecule has 0 bridgehead atoms. The van der Waals surface area contributed by atoms with Crippen molar-refractivity contribution in [3.63, 3.8) is 0 Å². The fourth-order valence-corrected chi connectivity index (χ4v) is 7.00. The number of aromatic nitrogens is 2. The van der Waals surface area contributed by atoms with E-state index in [1.54, 1.807) is 0 Å². The summed E-state index contributed by atoms with van der Waals surface area (Å²) in [4.78, 5) is 26.7. The van der Waals surface area contributed by atoms with Gasteiger partial charge in [-0.3, -0.25) is 18.5 Å². The van der Waals surface area contributed by atoms with Crippen molar-refractivity contribution in [3.8, 4) is 0 Å². The van der Waals surface area contributed by atoms with E-state index in [0.717, 1.165) is 4.57 Å². The number of ether oxygens (including phenoxy) is 2. The number of nitrogens with zero attached hydrogens (tertiary/aromatic N) is 1. The molecular weight excluding hydrogens is 448 g/mol. The fourth-order valence-electron chi connectivity index (χ4n) is 4.13. The van der Waals surface area contributed by atoms with Gasteiger partial charge in [-0.2, -0.15) is 8.42 Å². The zero-order chi connectivity index (χ0) is 23.2. The summed E-state index contributed by atoms with van der Waals surface area (Å²) in [5.74, 6) is -2.97. The highest BCUT2D eigenvalue weighted by molar-refractivity contribution is 7.87. The minimum atomic E-state index is -4.15. The average Bonchev–Trinajstić information content (AvgIpc) is 3.10. The van der Waals surface area contributed by atoms with Crippen LogP contribution < -0.4 is 11.2 Å². The molecule has 3 fully saturated rings. The van der Waals surface area contributed by atoms with E-state index in [1.165, 1.54) is 13.1 Å². The Hall–Kier alpha value is -1.35. The molecule has 4 heterocycles. The molecule has 174 valence electrons. The standard InChI is InChI=1S/C18H28N2O9SSi/c1-10-7-20(15(22)19-13(10)21)14-12(28-31(5,6)16(2,3)4)18-11(27-14)8-26-17(18,23)9-30(24,25)29-18/h7,11-12,14,23H,8-9H2,1-6H3,(H,19,21,22)/t11-,12+,14-,17+,18-/m1/s1. The summed E-state index contributed by atoms with van der Waals surface area (Å²) in [6.07, 6.45) is -2.01. The molecule has 1 aromatic rings. The largest absolute Gasteiger partial charge is 0.406 e. The molecule has 11 nitrogen and oxygen atoms in total. The Kier molecular flexibility index (Phi) is 4.85. The predicted molar refractivity (Wildman–Crippen MR) is 111 cm³/mol. The van der Waals surface area contributed by atoms with Crippen molar-refractivity contribution in [1.29, 1.82) is 0 Å². The third kappa shape index (κ3) is 3.21. The van der Waals surface area contributed by atoms with Gasteiger partial charge in [0.15, 0.2) is 20.1 Å². The van der Waals surface area contributed by atoms with Crippen LogP contribution in [-0.4, -0.2) is 67.3 Å². The van der Waals surface area contributed by atoms with E-state index in [2.05, 4.69) is 4.98 Å². The normalized spacial score (nSPS) is 37.1. The van der Waals surface area contributed by atoms with Crippen LogP contribution in [0.5, 0.6) is 0 Å². The molecular formula is C18H28N2O9SSi. The molecule has 0 aliphatic carbocycles. The van der Waals surface area contributed by atoms with Crippen LogP contribution in [0.15, 0.2) is 15.8 Å². The number of aliphatic hydroxyl groups is 1. The van der Waals surface area contributed by atoms with E-state index in [-0.39, 0.29) is 17.2 Å². The van der Waals surface area contributed by atoms with Crippen LogP contribution in [0.4, 0.5) is 0 Å². The zero-order valence-corrected chi connectivity index (χ0v) is 20.1. The predicted octanol–water partition coefficient (Wildman–Crippen LogP) is -0.0496. The van der Waals surface area contributed by atoms with Crippen molar-refractivity contribution in [2.75, 3.05) is 12.4 Å². The molecule has 1 spiro atoms. The van der Waals surface area contributed by atoms with Crippen LogP contribution in [0.3, 0.4) is 0 Å². The highest BCUT2D eigenvalue weighted by atomic mass is 32.2. The smallest absolute Gasteiger partial charge is 0.330 e. The van der Waals surface area contributed by atoms with Crippen molar-refractivity contribution in [2.24, 2.45) is 0 Å². The molecule has 4 rings (SSSR count). The number of nitrogens with one attached hydrogen (secondary N) is 1. The Balaban J connectivity index is 1.91. The first-order valence-corrected chi connectivity index (χ1v) is 14.5. The maximum absolute atomic E-state index is 12.6. The van der Waals surface area contributed by atoms with Crippen LogP contribution in [0.2, 0.25) is 18.1 Å². The SMILES string of the molecule is Cc1cn([C@@H]2O[C@@H]3CO[C@@]4(O)CS(=O)(=O)O[C@@]34[C@H]2O[Si](C)(C)C(C)(C)C)c(=O)[nH]c1=O. The molecule has 1 aromatic heterocycles. The minimum absolute atomic E-state index is 0.142. The van der Waals surface area contributed by atoms with E-state index in [0.29, 0.717) is 0 Å². The number of H-pyrrole nitrogens is 1. The van der Waals surface area contributed by atoms with Crippen molar-refractivity contribution in [3.05, 3.63) is 32.6 Å². The molecule has 2 N–H and O–H groups in total. The second-order valence-corrected chi connectivity index (χ2v) is 16.3. The van der Waals surface area contributed by atoms with Gasteiger partial charge in [0.1, 0.15) is 18.0 Å². The number of hydrogen-bond donors (Lipinski definition) is 2. The van der Waals surface area contributed by atoms with Gasteiger partial charge in [-0.25, -0.2) is 4.79 Å². The van der Waals surface area contributed by atoms with Gasteiger partial charge in [0.05, 0.1) is 6.61 Å². The quantitative estimate of drug-likeness (QED) is 0.453. The lowest BCUT2D eigenvalue weighted by Crippen LogP contribution is -2.63. The fraction of sp³-hybridized carbons (Fsp3) is 0.778. The molecule has 0 unspecified atom stereocenters. The van der Waals surface area contributed by atoms with E-state index in [4.69, 9.17) is 18.1 Å². The molecule has 3 saturated heterocycles. The Morgan fingerprint density at radius 2 is 1.97 bits per heavy atom. The molecule has 0 aromatic carbocycles. The number of rotatable bonds is 3. The second-order valence-electron chi connectivity index (χ2n) is 9.97. The lowest BCUT2D eigenvalue weighted by molar-refractivity contribution is -0.236. The average molecular weight is 477 g/mol. The Bertz CT molecular complexity index is 1140. The summed E-state index contributed by atoms with van der Waals surface area (Å²) in [6.45, 7) is 11.3. The third-order valence-electron chi connectivity index (χ3n) is 6.83. The Morgan fingerprint density at radius 3 is 2.58 bits per heavy atom. The molecule has 3 aliphatic rings. The monoisotopic (exact) mass is 476 g/mol. The molecule has 0 saturated carbocycles. The molecule has 13 heteroatoms. The zero-order valence-electron chi connectivity index (χ0n) is 18.3. The van der Waals surface area contributed by atoms with Crippen molar-refractivity contribution >= 4 is 18.4 Å². The third-order valence-corrected chi connectivity index (χ3v) is 12.6. The van der Waals surface area contributed by atoms with Crippen molar-refractivity contribution in [2.45, 2.75) is 75.7 Å². The summed E-state index contributed by atoms with van der Waals surface area (Å²) in [5.41, 5.74) is -2.91. The van der Waals surface area contributed by atoms with Gasteiger partial charge in [0, 0.05) is 11.8 Å². The van der Waals surface area contributed by atoms with Gasteiger partial charge in [-0.05, 0) is 25.1 Å². The number of aromatic amines is 1. The van der Waals surface area contributed by atoms with Gasteiger partial charge in [-0.15, -0.1) is 0 Å². The molecule has 3 aliphatic heterocycles. The van der Waals surface area contributed by atoms with Crippen molar-refractivity contribution < 1.29 is 31.6 Å². The maximum Gasteiger partial charge on any atom is 0.330 e. The van der Waals surface area contributed by atoms with E-state index in [9.17, 15) is 23.1 Å². The first kappa shape index (κ1) is 22.8. The minimum Gasteiger partial charge on any atom is -0.406 e. The first-order valence-electron chi connectivity index (χ1n) is 9.98. The van der Waals surface area contributed by atoms with Gasteiger partial charge in [-0.1, -0.05) is 20.8 Å². The maximum atomic E-state index is 12.6. The highest BCUT2D eigenvalue weighted by Gasteiger charge is 2.80. The van der Waals surface area contributed by atoms with Gasteiger partial charge in [0.25, 0.3) is 15.7 Å². The van der Waals surface area contributed by atoms with Crippen LogP contribution >= 0.6 is 0 Å². The number of aryl methyl sites for hydroxylation is 1. The summed E-state index contributed by atoms with van der Waals surface area (Å²) >= 11 is 0. The van der Waals surface area contributed by atoms with E-state index in [1.807, 2.05) is 33.9 Å². The molecule has 5 atom stereocenters. The van der Waals surface area contributed by atoms with Gasteiger partial charge in [0.2, 0.25) is 5.79 Å². The van der Waals surface area contributed by atoms with Gasteiger partial charge < -0.3 is 19.0 Å². The van der Waals surface area contributed by atoms with Crippen LogP contribution in [0.25, 0.3) is 0 Å². The van der Waals surface area contributed by atoms with E-state index >= 15 is 0 Å². The van der Waals surface area contributed by atoms with Crippen molar-refractivity contribution in [1.82, 2.24) is 9.55 Å². The second kappa shape index (κ2) is 6.59. The lowest BCUT2D eigenvalue weighted by Gasteiger charge is -2.44.